The van der Waals surface area contributed by atoms with Gasteiger partial charge in [-0.25, -0.2) is 0 Å². The number of unbranched alkanes of at least 4 members (excludes halogenated alkanes) is 51. The summed E-state index contributed by atoms with van der Waals surface area (Å²) in [5.74, 6) is -0.232. The van der Waals surface area contributed by atoms with Crippen molar-refractivity contribution in [1.29, 1.82) is 0 Å². The van der Waals surface area contributed by atoms with Gasteiger partial charge in [0.2, 0.25) is 5.91 Å². The number of carbonyl (C=O) groups is 1. The first-order chi connectivity index (χ1) is 46.1. The van der Waals surface area contributed by atoms with Crippen LogP contribution in [0, 0.1) is 0 Å². The molecule has 14 heteroatoms. The van der Waals surface area contributed by atoms with Gasteiger partial charge >= 0.3 is 0 Å². The van der Waals surface area contributed by atoms with E-state index in [-0.39, 0.29) is 18.9 Å². The highest BCUT2D eigenvalue weighted by Crippen LogP contribution is 2.30. The van der Waals surface area contributed by atoms with Crippen LogP contribution >= 0.6 is 0 Å². The second kappa shape index (κ2) is 64.6. The quantitative estimate of drug-likeness (QED) is 0.0204. The Balaban J connectivity index is 1.62. The van der Waals surface area contributed by atoms with Crippen LogP contribution in [0.5, 0.6) is 0 Å². The smallest absolute Gasteiger partial charge is 0.220 e. The fourth-order valence-electron chi connectivity index (χ4n) is 13.4. The van der Waals surface area contributed by atoms with Gasteiger partial charge in [-0.1, -0.05) is 352 Å². The Labute approximate surface area is 576 Å². The van der Waals surface area contributed by atoms with E-state index < -0.39 is 86.8 Å². The molecule has 2 saturated heterocycles. The van der Waals surface area contributed by atoms with E-state index >= 15 is 0 Å². The van der Waals surface area contributed by atoms with Crippen molar-refractivity contribution in [2.24, 2.45) is 0 Å². The van der Waals surface area contributed by atoms with Gasteiger partial charge in [0.1, 0.15) is 48.8 Å². The first kappa shape index (κ1) is 88.3. The summed E-state index contributed by atoms with van der Waals surface area (Å²) in [6.07, 6.45) is 68.0. The van der Waals surface area contributed by atoms with Crippen LogP contribution in [0.3, 0.4) is 0 Å². The Bertz CT molecular complexity index is 1720. The minimum Gasteiger partial charge on any atom is -0.394 e. The molecule has 12 unspecified atom stereocenters. The molecule has 2 aliphatic rings. The standard InChI is InChI=1S/C80H151NO13/c1-3-5-7-9-11-13-15-17-19-21-23-25-27-29-31-33-34-36-37-39-41-43-45-47-49-51-53-55-57-59-61-63-69(84)68(67-91-79-77(90)75(88)78(71(66-83)93-79)94-80-76(89)74(87)73(86)70(65-82)92-80)81-72(85)64-62-60-58-56-54-52-50-48-46-44-42-40-38-35-32-30-28-26-24-22-20-18-16-14-12-10-8-6-4-2/h16,18,22,24,61,63,68-71,73-80,82-84,86-90H,3-15,17,19-21,23,25-60,62,64-67H2,1-2H3,(H,81,85)/b18-16-,24-22-,63-61+. The van der Waals surface area contributed by atoms with E-state index in [1.54, 1.807) is 6.08 Å². The minimum absolute atomic E-state index is 0.232. The number of aliphatic hydroxyl groups excluding tert-OH is 8. The summed E-state index contributed by atoms with van der Waals surface area (Å²) in [5, 5.41) is 87.7. The zero-order chi connectivity index (χ0) is 68.0. The molecule has 0 aromatic heterocycles. The molecule has 14 nitrogen and oxygen atoms in total. The molecule has 1 amide bonds. The van der Waals surface area contributed by atoms with Crippen molar-refractivity contribution >= 4 is 5.91 Å². The lowest BCUT2D eigenvalue weighted by molar-refractivity contribution is -0.359. The summed E-state index contributed by atoms with van der Waals surface area (Å²) in [5.41, 5.74) is 0. The lowest BCUT2D eigenvalue weighted by Gasteiger charge is -2.46. The number of carbonyl (C=O) groups excluding carboxylic acids is 1. The Morgan fingerprint density at radius 2 is 0.702 bits per heavy atom. The van der Waals surface area contributed by atoms with E-state index in [9.17, 15) is 45.6 Å². The van der Waals surface area contributed by atoms with Crippen molar-refractivity contribution in [3.63, 3.8) is 0 Å². The summed E-state index contributed by atoms with van der Waals surface area (Å²) in [6, 6.07) is -0.916. The van der Waals surface area contributed by atoms with Gasteiger partial charge in [-0.15, -0.1) is 0 Å². The van der Waals surface area contributed by atoms with E-state index in [2.05, 4.69) is 43.5 Å². The molecule has 0 radical (unpaired) electrons. The summed E-state index contributed by atoms with van der Waals surface area (Å²) in [6.45, 7) is 2.85. The van der Waals surface area contributed by atoms with Crippen molar-refractivity contribution in [3.8, 4) is 0 Å². The minimum atomic E-state index is -1.79. The molecule has 0 aliphatic carbocycles. The SMILES string of the molecule is CCCCCCC/C=C\C/C=C\CCCCCCCCCCCCCCCCCCCC(=O)NC(COC1OC(CO)C(OC2OC(CO)C(O)C(O)C2O)C(O)C1O)C(O)/C=C/CCCCCCCCCCCCCCCCCCCCCCCCCCCCCCC. The molecule has 12 atom stereocenters. The highest BCUT2D eigenvalue weighted by atomic mass is 16.7. The summed E-state index contributed by atoms with van der Waals surface area (Å²) in [4.78, 5) is 13.4. The van der Waals surface area contributed by atoms with Crippen LogP contribution in [-0.2, 0) is 23.7 Å². The maximum absolute atomic E-state index is 13.4. The van der Waals surface area contributed by atoms with E-state index in [4.69, 9.17) is 18.9 Å². The first-order valence-electron chi connectivity index (χ1n) is 40.2. The van der Waals surface area contributed by atoms with Crippen LogP contribution in [0.15, 0.2) is 36.5 Å². The van der Waals surface area contributed by atoms with Crippen LogP contribution in [0.1, 0.15) is 373 Å². The van der Waals surface area contributed by atoms with Gasteiger partial charge in [0, 0.05) is 6.42 Å². The van der Waals surface area contributed by atoms with Crippen LogP contribution in [0.25, 0.3) is 0 Å². The maximum atomic E-state index is 13.4. The third kappa shape index (κ3) is 47.3. The molecule has 2 heterocycles. The third-order valence-electron chi connectivity index (χ3n) is 19.8. The molecule has 0 saturated carbocycles. The second-order valence-corrected chi connectivity index (χ2v) is 28.5. The van der Waals surface area contributed by atoms with E-state index in [1.807, 2.05) is 6.08 Å². The number of ether oxygens (including phenoxy) is 4. The molecule has 2 fully saturated rings. The predicted molar refractivity (Wildman–Crippen MR) is 388 cm³/mol. The molecule has 9 N–H and O–H groups in total. The van der Waals surface area contributed by atoms with Gasteiger partial charge in [-0.3, -0.25) is 4.79 Å². The number of hydrogen-bond acceptors (Lipinski definition) is 13. The maximum Gasteiger partial charge on any atom is 0.220 e. The largest absolute Gasteiger partial charge is 0.394 e. The fraction of sp³-hybridized carbons (Fsp3) is 0.912. The average molecular weight is 1340 g/mol. The van der Waals surface area contributed by atoms with Crippen molar-refractivity contribution in [1.82, 2.24) is 5.32 Å². The zero-order valence-electron chi connectivity index (χ0n) is 60.7. The number of amides is 1. The second-order valence-electron chi connectivity index (χ2n) is 28.5. The van der Waals surface area contributed by atoms with Gasteiger partial charge in [0.05, 0.1) is 32.0 Å². The summed E-state index contributed by atoms with van der Waals surface area (Å²) >= 11 is 0. The predicted octanol–water partition coefficient (Wildman–Crippen LogP) is 18.0. The van der Waals surface area contributed by atoms with Crippen molar-refractivity contribution in [3.05, 3.63) is 36.5 Å². The fourth-order valence-corrected chi connectivity index (χ4v) is 13.4. The van der Waals surface area contributed by atoms with Gasteiger partial charge in [0.25, 0.3) is 0 Å². The van der Waals surface area contributed by atoms with Crippen molar-refractivity contribution in [2.75, 3.05) is 19.8 Å². The highest BCUT2D eigenvalue weighted by molar-refractivity contribution is 5.76. The van der Waals surface area contributed by atoms with Crippen molar-refractivity contribution in [2.45, 2.75) is 447 Å². The van der Waals surface area contributed by atoms with Gasteiger partial charge < -0.3 is 65.1 Å². The number of rotatable bonds is 68. The lowest BCUT2D eigenvalue weighted by atomic mass is 9.97. The number of aliphatic hydroxyl groups is 8. The van der Waals surface area contributed by atoms with E-state index in [1.165, 1.54) is 302 Å². The van der Waals surface area contributed by atoms with Crippen LogP contribution in [-0.4, -0.2) is 140 Å². The monoisotopic (exact) mass is 1330 g/mol. The normalized spacial score (nSPS) is 22.6. The Morgan fingerprint density at radius 1 is 0.383 bits per heavy atom. The first-order valence-corrected chi connectivity index (χ1v) is 40.2. The highest BCUT2D eigenvalue weighted by Gasteiger charge is 2.51. The molecule has 0 aromatic carbocycles. The molecule has 2 rings (SSSR count). The number of hydrogen-bond donors (Lipinski definition) is 9. The van der Waals surface area contributed by atoms with Gasteiger partial charge in [-0.05, 0) is 51.4 Å². The number of allylic oxidation sites excluding steroid dienone is 5. The molecule has 0 bridgehead atoms. The lowest BCUT2D eigenvalue weighted by Crippen LogP contribution is -2.65. The molecule has 0 aromatic rings. The Kier molecular flexibility index (Phi) is 60.7. The number of nitrogens with one attached hydrogen (secondary N) is 1. The molecule has 0 spiro atoms. The van der Waals surface area contributed by atoms with Crippen molar-refractivity contribution < 1.29 is 64.6 Å². The van der Waals surface area contributed by atoms with E-state index in [0.29, 0.717) is 6.42 Å². The van der Waals surface area contributed by atoms with Gasteiger partial charge in [-0.2, -0.15) is 0 Å². The molecule has 94 heavy (non-hydrogen) atoms. The molecular formula is C80H151NO13. The zero-order valence-corrected chi connectivity index (χ0v) is 60.7. The summed E-state index contributed by atoms with van der Waals surface area (Å²) in [7, 11) is 0. The third-order valence-corrected chi connectivity index (χ3v) is 19.8. The van der Waals surface area contributed by atoms with E-state index in [0.717, 1.165) is 44.9 Å². The Hall–Kier alpha value is -1.79. The summed E-state index contributed by atoms with van der Waals surface area (Å²) < 4.78 is 22.9. The van der Waals surface area contributed by atoms with Crippen LogP contribution < -0.4 is 5.32 Å². The van der Waals surface area contributed by atoms with Gasteiger partial charge in [0.15, 0.2) is 12.6 Å². The van der Waals surface area contributed by atoms with Crippen LogP contribution in [0.4, 0.5) is 0 Å². The molecule has 554 valence electrons. The topological polar surface area (TPSA) is 228 Å². The molecule has 2 aliphatic heterocycles. The average Bonchev–Trinajstić information content (AvgIpc) is 0.794. The van der Waals surface area contributed by atoms with Crippen LogP contribution in [0.2, 0.25) is 0 Å². The Morgan fingerprint density at radius 3 is 1.06 bits per heavy atom. The molecular weight excluding hydrogens is 1180 g/mol.